The largest absolute Gasteiger partial charge is 0.508 e. The summed E-state index contributed by atoms with van der Waals surface area (Å²) in [5.41, 5.74) is 1.20. The Hall–Kier alpha value is -4.84. The summed E-state index contributed by atoms with van der Waals surface area (Å²) in [5.74, 6) is -2.42. The summed E-state index contributed by atoms with van der Waals surface area (Å²) < 4.78 is 18.3. The maximum absolute atomic E-state index is 11.5. The molecule has 0 unspecified atom stereocenters. The number of fused-ring (bicyclic) bond motifs is 2. The van der Waals surface area contributed by atoms with Crippen LogP contribution in [0, 0.1) is 0 Å². The third-order valence-corrected chi connectivity index (χ3v) is 7.36. The van der Waals surface area contributed by atoms with Crippen molar-refractivity contribution < 1.29 is 55.1 Å². The Morgan fingerprint density at radius 2 is 0.854 bits per heavy atom. The highest BCUT2D eigenvalue weighted by molar-refractivity contribution is 5.58. The molecule has 6 rings (SSSR count). The lowest BCUT2D eigenvalue weighted by Crippen LogP contribution is -2.41. The molecule has 2 heterocycles. The second-order valence-electron chi connectivity index (χ2n) is 9.92. The minimum absolute atomic E-state index is 0.0157. The van der Waals surface area contributed by atoms with Gasteiger partial charge in [-0.15, -0.1) is 0 Å². The number of aromatic hydroxyl groups is 6. The van der Waals surface area contributed by atoms with E-state index >= 15 is 0 Å². The molecule has 212 valence electrons. The van der Waals surface area contributed by atoms with Crippen LogP contribution < -0.4 is 9.47 Å². The van der Waals surface area contributed by atoms with Crippen molar-refractivity contribution in [3.05, 3.63) is 95.1 Å². The summed E-state index contributed by atoms with van der Waals surface area (Å²) in [6.07, 6.45) is -7.62. The molecule has 6 atom stereocenters. The summed E-state index contributed by atoms with van der Waals surface area (Å²) in [7, 11) is 0. The van der Waals surface area contributed by atoms with Gasteiger partial charge in [0, 0.05) is 11.1 Å². The third kappa shape index (κ3) is 4.45. The van der Waals surface area contributed by atoms with Crippen LogP contribution in [0.15, 0.2) is 72.8 Å². The van der Waals surface area contributed by atoms with Crippen molar-refractivity contribution in [2.75, 3.05) is 0 Å². The van der Waals surface area contributed by atoms with Crippen molar-refractivity contribution in [1.29, 1.82) is 0 Å². The van der Waals surface area contributed by atoms with Crippen LogP contribution in [0.1, 0.15) is 46.7 Å². The molecule has 0 saturated heterocycles. The fourth-order valence-corrected chi connectivity index (χ4v) is 5.25. The quantitative estimate of drug-likeness (QED) is 0.169. The third-order valence-electron chi connectivity index (χ3n) is 7.36. The first-order valence-electron chi connectivity index (χ1n) is 12.7. The Morgan fingerprint density at radius 3 is 1.22 bits per heavy atom. The predicted molar refractivity (Wildman–Crippen MR) is 141 cm³/mol. The molecule has 41 heavy (non-hydrogen) atoms. The fourth-order valence-electron chi connectivity index (χ4n) is 5.25. The zero-order valence-corrected chi connectivity index (χ0v) is 21.2. The van der Waals surface area contributed by atoms with E-state index < -0.39 is 59.6 Å². The van der Waals surface area contributed by atoms with Crippen LogP contribution >= 0.6 is 0 Å². The Morgan fingerprint density at radius 1 is 0.488 bits per heavy atom. The summed E-state index contributed by atoms with van der Waals surface area (Å²) in [5, 5.41) is 84.2. The molecule has 4 aromatic carbocycles. The minimum atomic E-state index is -1.42. The fraction of sp³-hybridized carbons (Fsp3) is 0.200. The van der Waals surface area contributed by atoms with Gasteiger partial charge >= 0.3 is 0 Å². The van der Waals surface area contributed by atoms with E-state index in [1.807, 2.05) is 0 Å². The van der Waals surface area contributed by atoms with E-state index in [1.54, 1.807) is 0 Å². The van der Waals surface area contributed by atoms with Gasteiger partial charge < -0.3 is 55.1 Å². The van der Waals surface area contributed by atoms with Crippen LogP contribution in [-0.2, 0) is 4.74 Å². The van der Waals surface area contributed by atoms with Crippen LogP contribution in [0.3, 0.4) is 0 Å². The summed E-state index contributed by atoms with van der Waals surface area (Å²) in [6.45, 7) is 0. The smallest absolute Gasteiger partial charge is 0.200 e. The van der Waals surface area contributed by atoms with Gasteiger partial charge in [0.05, 0.1) is 0 Å². The van der Waals surface area contributed by atoms with Crippen LogP contribution in [0.5, 0.6) is 46.0 Å². The van der Waals surface area contributed by atoms with E-state index in [2.05, 4.69) is 0 Å². The molecule has 4 aromatic rings. The van der Waals surface area contributed by atoms with E-state index in [1.165, 1.54) is 72.8 Å². The van der Waals surface area contributed by atoms with Gasteiger partial charge in [-0.3, -0.25) is 0 Å². The highest BCUT2D eigenvalue weighted by Crippen LogP contribution is 2.55. The number of aliphatic hydroxyl groups is 2. The first kappa shape index (κ1) is 26.4. The van der Waals surface area contributed by atoms with Crippen molar-refractivity contribution in [2.45, 2.75) is 36.6 Å². The maximum atomic E-state index is 11.5. The number of rotatable bonds is 4. The van der Waals surface area contributed by atoms with Crippen LogP contribution in [-0.4, -0.2) is 53.1 Å². The maximum Gasteiger partial charge on any atom is 0.200 e. The van der Waals surface area contributed by atoms with E-state index in [4.69, 9.17) is 14.2 Å². The zero-order chi connectivity index (χ0) is 29.0. The Balaban J connectivity index is 1.46. The standard InChI is InChI=1S/C30H26O11/c31-15-5-1-13(2-6-15)25-23(37)29(17-9-11-19(33)21(35)27(17)39-25)41-30-18-10-12-20(34)22(36)28(18)40-26(24(30)38)14-3-7-16(32)8-4-14/h1-12,23-26,29-38H/t23-,24-,25-,26+,29+,30-/m0/s1. The number of phenolic OH excluding ortho intramolecular Hbond substituents is 6. The van der Waals surface area contributed by atoms with Crippen LogP contribution in [0.25, 0.3) is 0 Å². The Kier molecular flexibility index (Phi) is 6.41. The van der Waals surface area contributed by atoms with Gasteiger partial charge in [-0.25, -0.2) is 0 Å². The summed E-state index contributed by atoms with van der Waals surface area (Å²) in [4.78, 5) is 0. The van der Waals surface area contributed by atoms with Gasteiger partial charge in [0.2, 0.25) is 11.5 Å². The average Bonchev–Trinajstić information content (AvgIpc) is 2.96. The number of hydrogen-bond acceptors (Lipinski definition) is 11. The first-order chi connectivity index (χ1) is 19.6. The molecule has 0 radical (unpaired) electrons. The number of aliphatic hydroxyl groups excluding tert-OH is 2. The summed E-state index contributed by atoms with van der Waals surface area (Å²) >= 11 is 0. The van der Waals surface area contributed by atoms with Gasteiger partial charge in [-0.1, -0.05) is 24.3 Å². The molecule has 0 fully saturated rings. The minimum Gasteiger partial charge on any atom is -0.508 e. The Labute approximate surface area is 232 Å². The molecule has 0 aliphatic carbocycles. The normalized spacial score (nSPS) is 24.9. The molecule has 0 aromatic heterocycles. The van der Waals surface area contributed by atoms with Crippen LogP contribution in [0.2, 0.25) is 0 Å². The number of benzene rings is 4. The SMILES string of the molecule is Oc1ccc([C@H]2Oc3c(ccc(O)c3O)[C@H](O[C@@H]3c4ccc(O)c(O)c4O[C@@H](c4ccc(O)cc4)[C@@H]3O)[C@H]2O)cc1. The summed E-state index contributed by atoms with van der Waals surface area (Å²) in [6, 6.07) is 16.9. The van der Waals surface area contributed by atoms with Crippen molar-refractivity contribution >= 4 is 0 Å². The molecule has 0 spiro atoms. The van der Waals surface area contributed by atoms with Crippen molar-refractivity contribution in [1.82, 2.24) is 0 Å². The molecule has 11 nitrogen and oxygen atoms in total. The van der Waals surface area contributed by atoms with Crippen LogP contribution in [0.4, 0.5) is 0 Å². The number of ether oxygens (including phenoxy) is 3. The molecule has 8 N–H and O–H groups in total. The van der Waals surface area contributed by atoms with Gasteiger partial charge in [0.15, 0.2) is 35.2 Å². The molecule has 2 aliphatic rings. The van der Waals surface area contributed by atoms with Crippen molar-refractivity contribution in [2.24, 2.45) is 0 Å². The van der Waals surface area contributed by atoms with Gasteiger partial charge in [0.1, 0.15) is 35.9 Å². The second kappa shape index (κ2) is 9.97. The van der Waals surface area contributed by atoms with E-state index in [0.29, 0.717) is 11.1 Å². The zero-order valence-electron chi connectivity index (χ0n) is 21.2. The average molecular weight is 563 g/mol. The molecule has 11 heteroatoms. The van der Waals surface area contributed by atoms with Crippen molar-refractivity contribution in [3.63, 3.8) is 0 Å². The van der Waals surface area contributed by atoms with Crippen molar-refractivity contribution in [3.8, 4) is 46.0 Å². The monoisotopic (exact) mass is 562 g/mol. The predicted octanol–water partition coefficient (Wildman–Crippen LogP) is 3.71. The van der Waals surface area contributed by atoms with E-state index in [9.17, 15) is 40.9 Å². The van der Waals surface area contributed by atoms with Gasteiger partial charge in [-0.05, 0) is 59.7 Å². The number of phenols is 6. The molecular formula is C30H26O11. The van der Waals surface area contributed by atoms with E-state index in [0.717, 1.165) is 0 Å². The highest BCUT2D eigenvalue weighted by atomic mass is 16.6. The molecule has 0 amide bonds. The van der Waals surface area contributed by atoms with Gasteiger partial charge in [-0.2, -0.15) is 0 Å². The lowest BCUT2D eigenvalue weighted by Gasteiger charge is -2.42. The Bertz CT molecular complexity index is 1470. The lowest BCUT2D eigenvalue weighted by molar-refractivity contribution is -0.175. The van der Waals surface area contributed by atoms with Gasteiger partial charge in [0.25, 0.3) is 0 Å². The topological polar surface area (TPSA) is 190 Å². The second-order valence-corrected chi connectivity index (χ2v) is 9.92. The molecule has 2 aliphatic heterocycles. The number of hydrogen-bond donors (Lipinski definition) is 8. The molecular weight excluding hydrogens is 536 g/mol. The first-order valence-corrected chi connectivity index (χ1v) is 12.7. The lowest BCUT2D eigenvalue weighted by atomic mass is 9.89. The molecule has 0 saturated carbocycles. The highest BCUT2D eigenvalue weighted by Gasteiger charge is 2.47. The molecule has 0 bridgehead atoms. The van der Waals surface area contributed by atoms with E-state index in [-0.39, 0.29) is 34.1 Å².